The molecule has 2 amide bonds. The van der Waals surface area contributed by atoms with E-state index in [-0.39, 0.29) is 36.0 Å². The summed E-state index contributed by atoms with van der Waals surface area (Å²) in [6.07, 6.45) is 7.42. The predicted octanol–water partition coefficient (Wildman–Crippen LogP) is 5.40. The molecule has 10 heteroatoms. The summed E-state index contributed by atoms with van der Waals surface area (Å²) in [4.78, 5) is 39.6. The largest absolute Gasteiger partial charge is 0.455 e. The Labute approximate surface area is 286 Å². The minimum Gasteiger partial charge on any atom is -0.455 e. The van der Waals surface area contributed by atoms with Gasteiger partial charge in [0.25, 0.3) is 6.02 Å². The topological polar surface area (TPSA) is 89.5 Å². The molecule has 0 bridgehead atoms. The number of halogens is 1. The molecule has 0 aromatic heterocycles. The number of rotatable bonds is 13. The van der Waals surface area contributed by atoms with Gasteiger partial charge in [-0.2, -0.15) is 0 Å². The Balaban J connectivity index is 1.29. The number of ether oxygens (including phenoxy) is 1. The third-order valence-electron chi connectivity index (χ3n) is 9.77. The van der Waals surface area contributed by atoms with Gasteiger partial charge in [0.15, 0.2) is 0 Å². The third-order valence-corrected chi connectivity index (χ3v) is 10.0. The maximum atomic E-state index is 14.4. The van der Waals surface area contributed by atoms with Crippen molar-refractivity contribution in [1.82, 2.24) is 25.3 Å². The number of piperidine rings is 1. The summed E-state index contributed by atoms with van der Waals surface area (Å²) in [6, 6.07) is 17.2. The van der Waals surface area contributed by atoms with E-state index in [1.807, 2.05) is 47.4 Å². The van der Waals surface area contributed by atoms with Crippen molar-refractivity contribution in [2.45, 2.75) is 103 Å². The molecule has 2 fully saturated rings. The highest BCUT2D eigenvalue weighted by Crippen LogP contribution is 2.30. The Hall–Kier alpha value is -3.14. The highest BCUT2D eigenvalue weighted by atomic mass is 35.5. The molecule has 5 atom stereocenters. The number of hydrogen-bond acceptors (Lipinski definition) is 7. The van der Waals surface area contributed by atoms with Crippen LogP contribution in [0.1, 0.15) is 82.9 Å². The molecule has 0 unspecified atom stereocenters. The molecule has 9 nitrogen and oxygen atoms in total. The van der Waals surface area contributed by atoms with E-state index >= 15 is 0 Å². The number of likely N-dealkylation sites (tertiary alicyclic amines) is 1. The second kappa shape index (κ2) is 17.3. The Bertz CT molecular complexity index is 1340. The van der Waals surface area contributed by atoms with Gasteiger partial charge >= 0.3 is 0 Å². The third kappa shape index (κ3) is 9.71. The maximum absolute atomic E-state index is 14.4. The molecule has 0 saturated carbocycles. The minimum absolute atomic E-state index is 0.00404. The molecule has 47 heavy (non-hydrogen) atoms. The standard InChI is InChI=1S/C37H53ClN6O3/c1-4-27(2)40-32(18-9-12-21-42-19-10-6-11-20-42)36(46)44-23-22-43(37-41-28(3)34(47-37)30-15-7-5-8-16-30)26-33(44)35(45)39-25-29-14-13-17-31(38)24-29/h5,7-8,13-17,24,27-28,32-34,40H,4,6,9-12,18-23,25-26H2,1-3H3,(H,39,45)/t27-,28+,32-,33+,34-/m1/s1. The maximum Gasteiger partial charge on any atom is 0.288 e. The first kappa shape index (κ1) is 35.2. The highest BCUT2D eigenvalue weighted by molar-refractivity contribution is 6.30. The average Bonchev–Trinajstić information content (AvgIpc) is 3.50. The van der Waals surface area contributed by atoms with E-state index in [0.29, 0.717) is 37.2 Å². The lowest BCUT2D eigenvalue weighted by molar-refractivity contribution is -0.145. The molecule has 0 spiro atoms. The molecule has 2 aromatic rings. The van der Waals surface area contributed by atoms with Crippen LogP contribution >= 0.6 is 11.6 Å². The molecule has 5 rings (SSSR count). The molecule has 0 aliphatic carbocycles. The molecular weight excluding hydrogens is 612 g/mol. The number of nitrogens with one attached hydrogen (secondary N) is 2. The van der Waals surface area contributed by atoms with Crippen LogP contribution in [0.4, 0.5) is 0 Å². The zero-order valence-corrected chi connectivity index (χ0v) is 29.1. The van der Waals surface area contributed by atoms with Gasteiger partial charge in [0.05, 0.1) is 18.6 Å². The molecular formula is C37H53ClN6O3. The van der Waals surface area contributed by atoms with Crippen LogP contribution in [-0.2, 0) is 20.9 Å². The van der Waals surface area contributed by atoms with Crippen molar-refractivity contribution < 1.29 is 14.3 Å². The molecule has 256 valence electrons. The van der Waals surface area contributed by atoms with Crippen LogP contribution < -0.4 is 10.6 Å². The van der Waals surface area contributed by atoms with Crippen LogP contribution in [0.3, 0.4) is 0 Å². The van der Waals surface area contributed by atoms with E-state index in [1.165, 1.54) is 32.4 Å². The summed E-state index contributed by atoms with van der Waals surface area (Å²) >= 11 is 6.21. The number of unbranched alkanes of at least 4 members (excludes halogenated alkanes) is 1. The van der Waals surface area contributed by atoms with Crippen LogP contribution in [0.15, 0.2) is 59.6 Å². The fourth-order valence-electron chi connectivity index (χ4n) is 6.84. The summed E-state index contributed by atoms with van der Waals surface area (Å²) in [6.45, 7) is 11.4. The van der Waals surface area contributed by atoms with E-state index in [2.05, 4.69) is 48.4 Å². The van der Waals surface area contributed by atoms with Crippen LogP contribution in [0.2, 0.25) is 5.02 Å². The fraction of sp³-hybridized carbons (Fsp3) is 0.595. The van der Waals surface area contributed by atoms with Crippen molar-refractivity contribution in [3.63, 3.8) is 0 Å². The van der Waals surface area contributed by atoms with E-state index in [1.54, 1.807) is 4.90 Å². The normalized spacial score (nSPS) is 23.1. The quantitative estimate of drug-likeness (QED) is 0.279. The second-order valence-electron chi connectivity index (χ2n) is 13.4. The fourth-order valence-corrected chi connectivity index (χ4v) is 7.05. The van der Waals surface area contributed by atoms with Crippen molar-refractivity contribution in [3.05, 3.63) is 70.7 Å². The lowest BCUT2D eigenvalue weighted by Gasteiger charge is -2.42. The van der Waals surface area contributed by atoms with Gasteiger partial charge in [0.2, 0.25) is 11.8 Å². The van der Waals surface area contributed by atoms with Gasteiger partial charge in [-0.1, -0.05) is 73.8 Å². The Kier molecular flexibility index (Phi) is 13.0. The summed E-state index contributed by atoms with van der Waals surface area (Å²) in [5.41, 5.74) is 1.98. The van der Waals surface area contributed by atoms with E-state index < -0.39 is 6.04 Å². The molecule has 2 aromatic carbocycles. The van der Waals surface area contributed by atoms with Gasteiger partial charge in [0.1, 0.15) is 12.1 Å². The van der Waals surface area contributed by atoms with Crippen molar-refractivity contribution in [3.8, 4) is 0 Å². The van der Waals surface area contributed by atoms with Crippen molar-refractivity contribution in [1.29, 1.82) is 0 Å². The Morgan fingerprint density at radius 2 is 1.81 bits per heavy atom. The SMILES string of the molecule is CC[C@@H](C)N[C@H](CCCCN1CCCCC1)C(=O)N1CCN(C2=N[C@@H](C)[C@H](c3ccccc3)O2)C[C@H]1C(=O)NCc1cccc(Cl)c1. The monoisotopic (exact) mass is 664 g/mol. The summed E-state index contributed by atoms with van der Waals surface area (Å²) < 4.78 is 6.41. The first-order valence-corrected chi connectivity index (χ1v) is 18.1. The average molecular weight is 665 g/mol. The molecule has 3 aliphatic heterocycles. The van der Waals surface area contributed by atoms with Crippen LogP contribution in [0, 0.1) is 0 Å². The van der Waals surface area contributed by atoms with Crippen LogP contribution in [0.5, 0.6) is 0 Å². The van der Waals surface area contributed by atoms with E-state index in [0.717, 1.165) is 43.4 Å². The molecule has 2 saturated heterocycles. The van der Waals surface area contributed by atoms with E-state index in [4.69, 9.17) is 21.3 Å². The number of amides is 2. The number of aliphatic imine (C=N–C) groups is 1. The highest BCUT2D eigenvalue weighted by Gasteiger charge is 2.41. The Morgan fingerprint density at radius 1 is 1.02 bits per heavy atom. The molecule has 2 N–H and O–H groups in total. The number of benzene rings is 2. The van der Waals surface area contributed by atoms with Gasteiger partial charge < -0.3 is 30.1 Å². The molecule has 3 heterocycles. The van der Waals surface area contributed by atoms with Gasteiger partial charge in [-0.15, -0.1) is 0 Å². The number of piperazine rings is 1. The smallest absolute Gasteiger partial charge is 0.288 e. The second-order valence-corrected chi connectivity index (χ2v) is 13.8. The first-order chi connectivity index (χ1) is 22.8. The number of hydrogen-bond donors (Lipinski definition) is 2. The molecule has 0 radical (unpaired) electrons. The number of amidine groups is 1. The van der Waals surface area contributed by atoms with Crippen molar-refractivity contribution in [2.75, 3.05) is 39.3 Å². The number of carbonyl (C=O) groups excluding carboxylic acids is 2. The predicted molar refractivity (Wildman–Crippen MR) is 188 cm³/mol. The van der Waals surface area contributed by atoms with Crippen molar-refractivity contribution in [2.24, 2.45) is 4.99 Å². The van der Waals surface area contributed by atoms with Gasteiger partial charge in [-0.05, 0) is 88.8 Å². The first-order valence-electron chi connectivity index (χ1n) is 17.7. The zero-order chi connectivity index (χ0) is 33.2. The van der Waals surface area contributed by atoms with Gasteiger partial charge in [0, 0.05) is 30.7 Å². The van der Waals surface area contributed by atoms with Crippen LogP contribution in [0.25, 0.3) is 0 Å². The Morgan fingerprint density at radius 3 is 2.55 bits per heavy atom. The molecule has 3 aliphatic rings. The summed E-state index contributed by atoms with van der Waals surface area (Å²) in [5, 5.41) is 7.32. The lowest BCUT2D eigenvalue weighted by atomic mass is 10.0. The number of carbonyl (C=O) groups is 2. The van der Waals surface area contributed by atoms with Gasteiger partial charge in [-0.3, -0.25) is 9.59 Å². The lowest BCUT2D eigenvalue weighted by Crippen LogP contribution is -2.64. The zero-order valence-electron chi connectivity index (χ0n) is 28.4. The van der Waals surface area contributed by atoms with Crippen molar-refractivity contribution >= 4 is 29.4 Å². The summed E-state index contributed by atoms with van der Waals surface area (Å²) in [5.74, 6) is -0.197. The van der Waals surface area contributed by atoms with Crippen LogP contribution in [-0.4, -0.2) is 96.0 Å². The van der Waals surface area contributed by atoms with E-state index in [9.17, 15) is 9.59 Å². The van der Waals surface area contributed by atoms with Gasteiger partial charge in [-0.25, -0.2) is 4.99 Å². The summed E-state index contributed by atoms with van der Waals surface area (Å²) in [7, 11) is 0. The minimum atomic E-state index is -0.692. The number of nitrogens with zero attached hydrogens (tertiary/aromatic N) is 4.